The van der Waals surface area contributed by atoms with E-state index in [2.05, 4.69) is 33.2 Å². The molecule has 0 spiro atoms. The first-order chi connectivity index (χ1) is 11.5. The van der Waals surface area contributed by atoms with Gasteiger partial charge in [0.05, 0.1) is 3.57 Å². The van der Waals surface area contributed by atoms with Crippen LogP contribution in [0.5, 0.6) is 5.75 Å². The second-order valence-electron chi connectivity index (χ2n) is 5.07. The lowest BCUT2D eigenvalue weighted by molar-refractivity contribution is -0.115. The van der Waals surface area contributed by atoms with Crippen LogP contribution in [0.1, 0.15) is 11.1 Å². The molecule has 3 amide bonds. The number of halogens is 2. The Balaban J connectivity index is 1.72. The Morgan fingerprint density at radius 1 is 1.12 bits per heavy atom. The number of rotatable bonds is 4. The molecule has 7 heteroatoms. The molecule has 3 rings (SSSR count). The van der Waals surface area contributed by atoms with Crippen molar-refractivity contribution >= 4 is 40.6 Å². The molecule has 0 radical (unpaired) electrons. The summed E-state index contributed by atoms with van der Waals surface area (Å²) in [6.45, 7) is 0.257. The number of carbonyl (C=O) groups excluding carboxylic acids is 2. The highest BCUT2D eigenvalue weighted by molar-refractivity contribution is 14.1. The number of nitrogens with one attached hydrogen (secondary N) is 2. The van der Waals surface area contributed by atoms with E-state index in [-0.39, 0.29) is 18.1 Å². The molecule has 2 aromatic rings. The third kappa shape index (κ3) is 3.91. The topological polar surface area (TPSA) is 67.4 Å². The van der Waals surface area contributed by atoms with Gasteiger partial charge >= 0.3 is 6.03 Å². The minimum absolute atomic E-state index is 0.198. The summed E-state index contributed by atoms with van der Waals surface area (Å²) in [5.74, 6) is -0.104. The number of carbonyl (C=O) groups is 2. The molecule has 1 heterocycles. The maximum atomic E-state index is 13.2. The zero-order valence-corrected chi connectivity index (χ0v) is 14.5. The molecular weight excluding hydrogens is 426 g/mol. The Hall–Kier alpha value is -2.42. The quantitative estimate of drug-likeness (QED) is 0.438. The lowest BCUT2D eigenvalue weighted by Crippen LogP contribution is -2.22. The van der Waals surface area contributed by atoms with Crippen LogP contribution in [0.15, 0.2) is 48.2 Å². The Labute approximate surface area is 151 Å². The number of amides is 3. The van der Waals surface area contributed by atoms with Crippen LogP contribution in [-0.4, -0.2) is 11.9 Å². The minimum Gasteiger partial charge on any atom is -0.488 e. The third-order valence-electron chi connectivity index (χ3n) is 3.27. The summed E-state index contributed by atoms with van der Waals surface area (Å²) in [6, 6.07) is 11.1. The van der Waals surface area contributed by atoms with Gasteiger partial charge < -0.3 is 10.1 Å². The monoisotopic (exact) mass is 438 g/mol. The molecule has 2 N–H and O–H groups in total. The van der Waals surface area contributed by atoms with Crippen LogP contribution in [0, 0.1) is 9.39 Å². The van der Waals surface area contributed by atoms with E-state index in [9.17, 15) is 14.0 Å². The summed E-state index contributed by atoms with van der Waals surface area (Å²) in [5.41, 5.74) is 1.69. The van der Waals surface area contributed by atoms with Gasteiger partial charge in [0, 0.05) is 0 Å². The molecule has 1 fully saturated rings. The molecule has 2 aromatic carbocycles. The number of imide groups is 1. The molecule has 0 aliphatic carbocycles. The second-order valence-corrected chi connectivity index (χ2v) is 6.24. The number of benzene rings is 2. The predicted octanol–water partition coefficient (Wildman–Crippen LogP) is 3.19. The third-order valence-corrected chi connectivity index (χ3v) is 4.11. The fraction of sp³-hybridized carbons (Fsp3) is 0.0588. The summed E-state index contributed by atoms with van der Waals surface area (Å²) < 4.78 is 19.7. The van der Waals surface area contributed by atoms with E-state index in [1.165, 1.54) is 12.1 Å². The first-order valence-corrected chi connectivity index (χ1v) is 8.10. The van der Waals surface area contributed by atoms with Crippen molar-refractivity contribution in [2.75, 3.05) is 0 Å². The van der Waals surface area contributed by atoms with Gasteiger partial charge in [-0.05, 0) is 64.1 Å². The highest BCUT2D eigenvalue weighted by Gasteiger charge is 2.22. The molecule has 1 saturated heterocycles. The lowest BCUT2D eigenvalue weighted by atomic mass is 10.2. The zero-order chi connectivity index (χ0) is 17.1. The second kappa shape index (κ2) is 7.00. The van der Waals surface area contributed by atoms with Crippen molar-refractivity contribution in [1.82, 2.24) is 10.6 Å². The first kappa shape index (κ1) is 16.4. The number of urea groups is 1. The van der Waals surface area contributed by atoms with E-state index >= 15 is 0 Å². The van der Waals surface area contributed by atoms with Crippen LogP contribution in [0.25, 0.3) is 6.08 Å². The van der Waals surface area contributed by atoms with Gasteiger partial charge in [-0.25, -0.2) is 9.18 Å². The highest BCUT2D eigenvalue weighted by Crippen LogP contribution is 2.24. The molecule has 0 atom stereocenters. The molecule has 0 aromatic heterocycles. The van der Waals surface area contributed by atoms with Gasteiger partial charge in [0.2, 0.25) is 0 Å². The van der Waals surface area contributed by atoms with Gasteiger partial charge in [-0.15, -0.1) is 0 Å². The van der Waals surface area contributed by atoms with Crippen LogP contribution in [0.3, 0.4) is 0 Å². The largest absolute Gasteiger partial charge is 0.488 e. The van der Waals surface area contributed by atoms with Gasteiger partial charge in [-0.1, -0.05) is 18.2 Å². The maximum absolute atomic E-state index is 13.2. The van der Waals surface area contributed by atoms with Crippen molar-refractivity contribution in [3.05, 3.63) is 68.7 Å². The Kier molecular flexibility index (Phi) is 4.79. The summed E-state index contributed by atoms with van der Waals surface area (Å²) in [7, 11) is 0. The van der Waals surface area contributed by atoms with E-state index in [4.69, 9.17) is 4.74 Å². The average molecular weight is 438 g/mol. The molecule has 5 nitrogen and oxygen atoms in total. The maximum Gasteiger partial charge on any atom is 0.326 e. The molecule has 0 saturated carbocycles. The van der Waals surface area contributed by atoms with E-state index < -0.39 is 11.9 Å². The van der Waals surface area contributed by atoms with Crippen molar-refractivity contribution in [3.8, 4) is 5.75 Å². The van der Waals surface area contributed by atoms with Crippen LogP contribution < -0.4 is 15.4 Å². The normalized spacial score (nSPS) is 15.3. The lowest BCUT2D eigenvalue weighted by Gasteiger charge is -2.09. The SMILES string of the molecule is O=C1NC(=O)/C(=C\c2ccc(OCc3cccc(F)c3)c(I)c2)N1. The molecule has 0 unspecified atom stereocenters. The van der Waals surface area contributed by atoms with Gasteiger partial charge in [0.1, 0.15) is 23.9 Å². The number of hydrogen-bond donors (Lipinski definition) is 2. The highest BCUT2D eigenvalue weighted by atomic mass is 127. The van der Waals surface area contributed by atoms with E-state index in [0.29, 0.717) is 5.75 Å². The van der Waals surface area contributed by atoms with Crippen LogP contribution >= 0.6 is 22.6 Å². The van der Waals surface area contributed by atoms with Crippen molar-refractivity contribution in [3.63, 3.8) is 0 Å². The molecule has 0 bridgehead atoms. The van der Waals surface area contributed by atoms with Crippen LogP contribution in [0.2, 0.25) is 0 Å². The van der Waals surface area contributed by atoms with E-state index in [0.717, 1.165) is 14.7 Å². The van der Waals surface area contributed by atoms with Crippen molar-refractivity contribution < 1.29 is 18.7 Å². The fourth-order valence-corrected chi connectivity index (χ4v) is 2.86. The summed E-state index contributed by atoms with van der Waals surface area (Å²) in [5, 5.41) is 4.57. The Morgan fingerprint density at radius 3 is 2.62 bits per heavy atom. The fourth-order valence-electron chi connectivity index (χ4n) is 2.16. The first-order valence-electron chi connectivity index (χ1n) is 7.02. The predicted molar refractivity (Wildman–Crippen MR) is 94.5 cm³/mol. The van der Waals surface area contributed by atoms with Gasteiger partial charge in [0.15, 0.2) is 0 Å². The van der Waals surface area contributed by atoms with Crippen molar-refractivity contribution in [1.29, 1.82) is 0 Å². The number of hydrogen-bond acceptors (Lipinski definition) is 3. The molecule has 1 aliphatic rings. The molecule has 122 valence electrons. The summed E-state index contributed by atoms with van der Waals surface area (Å²) >= 11 is 2.12. The Bertz CT molecular complexity index is 851. The average Bonchev–Trinajstić information content (AvgIpc) is 2.84. The van der Waals surface area contributed by atoms with E-state index in [1.54, 1.807) is 30.3 Å². The summed E-state index contributed by atoms with van der Waals surface area (Å²) in [4.78, 5) is 22.6. The Morgan fingerprint density at radius 2 is 1.96 bits per heavy atom. The van der Waals surface area contributed by atoms with Crippen molar-refractivity contribution in [2.24, 2.45) is 0 Å². The van der Waals surface area contributed by atoms with Gasteiger partial charge in [-0.3, -0.25) is 10.1 Å². The molecule has 24 heavy (non-hydrogen) atoms. The summed E-state index contributed by atoms with van der Waals surface area (Å²) in [6.07, 6.45) is 1.58. The van der Waals surface area contributed by atoms with E-state index in [1.807, 2.05) is 6.07 Å². The van der Waals surface area contributed by atoms with Crippen molar-refractivity contribution in [2.45, 2.75) is 6.61 Å². The van der Waals surface area contributed by atoms with Gasteiger partial charge in [-0.2, -0.15) is 0 Å². The zero-order valence-electron chi connectivity index (χ0n) is 12.3. The van der Waals surface area contributed by atoms with Gasteiger partial charge in [0.25, 0.3) is 5.91 Å². The standard InChI is InChI=1S/C17H12FIN2O3/c18-12-3-1-2-11(6-12)9-24-15-5-4-10(7-13(15)19)8-14-16(22)21-17(23)20-14/h1-8H,9H2,(H2,20,21,22,23)/b14-8+. The smallest absolute Gasteiger partial charge is 0.326 e. The van der Waals surface area contributed by atoms with Crippen LogP contribution in [-0.2, 0) is 11.4 Å². The number of ether oxygens (including phenoxy) is 1. The minimum atomic E-state index is -0.531. The molecule has 1 aliphatic heterocycles. The van der Waals surface area contributed by atoms with Crippen LogP contribution in [0.4, 0.5) is 9.18 Å². The molecular formula is C17H12FIN2O3.